The molecule has 0 aliphatic heterocycles. The van der Waals surface area contributed by atoms with Crippen molar-refractivity contribution in [3.05, 3.63) is 85.3 Å². The number of anilines is 1. The predicted octanol–water partition coefficient (Wildman–Crippen LogP) is 2.82. The second-order valence-electron chi connectivity index (χ2n) is 5.53. The minimum absolute atomic E-state index is 0.00210. The Balaban J connectivity index is 1.81. The Kier molecular flexibility index (Phi) is 4.90. The van der Waals surface area contributed by atoms with Crippen molar-refractivity contribution in [2.45, 2.75) is 13.5 Å². The molecular formula is C17H14N4O4S. The third-order valence-corrected chi connectivity index (χ3v) is 4.48. The van der Waals surface area contributed by atoms with Gasteiger partial charge in [-0.25, -0.2) is 4.98 Å². The second-order valence-corrected chi connectivity index (χ2v) is 6.38. The fourth-order valence-electron chi connectivity index (χ4n) is 2.33. The predicted molar refractivity (Wildman–Crippen MR) is 97.7 cm³/mol. The molecule has 9 heteroatoms. The van der Waals surface area contributed by atoms with Gasteiger partial charge >= 0.3 is 0 Å². The summed E-state index contributed by atoms with van der Waals surface area (Å²) in [5.41, 5.74) is 1.03. The van der Waals surface area contributed by atoms with Crippen LogP contribution >= 0.6 is 11.3 Å². The van der Waals surface area contributed by atoms with Gasteiger partial charge in [0.05, 0.1) is 17.2 Å². The van der Waals surface area contributed by atoms with Crippen molar-refractivity contribution in [3.8, 4) is 0 Å². The number of benzene rings is 1. The summed E-state index contributed by atoms with van der Waals surface area (Å²) >= 11 is 1.28. The third kappa shape index (κ3) is 3.83. The monoisotopic (exact) mass is 370 g/mol. The molecule has 3 rings (SSSR count). The number of hydrogen-bond donors (Lipinski definition) is 1. The lowest BCUT2D eigenvalue weighted by Crippen LogP contribution is -2.29. The summed E-state index contributed by atoms with van der Waals surface area (Å²) in [5, 5.41) is 15.5. The average Bonchev–Trinajstić information content (AvgIpc) is 3.02. The Bertz CT molecular complexity index is 1020. The fourth-order valence-corrected chi connectivity index (χ4v) is 3.01. The second kappa shape index (κ2) is 7.28. The number of carbonyl (C=O) groups excluding carboxylic acids is 1. The van der Waals surface area contributed by atoms with Crippen LogP contribution in [-0.2, 0) is 6.54 Å². The number of nitro benzene ring substituents is 1. The highest BCUT2D eigenvalue weighted by Gasteiger charge is 2.14. The molecule has 26 heavy (non-hydrogen) atoms. The van der Waals surface area contributed by atoms with Crippen molar-refractivity contribution in [3.63, 3.8) is 0 Å². The first-order chi connectivity index (χ1) is 12.4. The van der Waals surface area contributed by atoms with Gasteiger partial charge in [0.2, 0.25) is 0 Å². The Morgan fingerprint density at radius 2 is 2.04 bits per heavy atom. The number of nitro groups is 1. The van der Waals surface area contributed by atoms with E-state index in [9.17, 15) is 19.7 Å². The highest BCUT2D eigenvalue weighted by atomic mass is 32.1. The molecule has 0 saturated carbocycles. The van der Waals surface area contributed by atoms with Crippen molar-refractivity contribution in [1.29, 1.82) is 0 Å². The zero-order valence-corrected chi connectivity index (χ0v) is 14.5. The van der Waals surface area contributed by atoms with E-state index in [1.54, 1.807) is 29.8 Å². The molecule has 0 aliphatic carbocycles. The summed E-state index contributed by atoms with van der Waals surface area (Å²) in [5.74, 6) is -0.526. The fraction of sp³-hybridized carbons (Fsp3) is 0.118. The van der Waals surface area contributed by atoms with Gasteiger partial charge in [0.1, 0.15) is 5.56 Å². The van der Waals surface area contributed by atoms with Gasteiger partial charge in [-0.2, -0.15) is 0 Å². The van der Waals surface area contributed by atoms with Crippen molar-refractivity contribution < 1.29 is 9.72 Å². The number of pyridine rings is 1. The van der Waals surface area contributed by atoms with Crippen LogP contribution in [0.3, 0.4) is 0 Å². The van der Waals surface area contributed by atoms with Crippen molar-refractivity contribution >= 4 is 28.1 Å². The lowest BCUT2D eigenvalue weighted by Gasteiger charge is -2.08. The maximum atomic E-state index is 12.6. The molecule has 0 bridgehead atoms. The molecule has 2 heterocycles. The summed E-state index contributed by atoms with van der Waals surface area (Å²) in [6.07, 6.45) is 1.56. The molecule has 0 radical (unpaired) electrons. The summed E-state index contributed by atoms with van der Waals surface area (Å²) < 4.78 is 1.38. The molecule has 0 atom stereocenters. The summed E-state index contributed by atoms with van der Waals surface area (Å²) in [7, 11) is 0. The van der Waals surface area contributed by atoms with E-state index in [1.807, 2.05) is 6.92 Å². The van der Waals surface area contributed by atoms with E-state index in [0.717, 1.165) is 5.69 Å². The van der Waals surface area contributed by atoms with Gasteiger partial charge in [-0.1, -0.05) is 12.1 Å². The highest BCUT2D eigenvalue weighted by Crippen LogP contribution is 2.15. The number of nitrogens with one attached hydrogen (secondary N) is 1. The number of thiazole rings is 1. The minimum Gasteiger partial charge on any atom is -0.310 e. The zero-order valence-electron chi connectivity index (χ0n) is 13.7. The van der Waals surface area contributed by atoms with Gasteiger partial charge in [0, 0.05) is 23.7 Å². The number of nitrogens with zero attached hydrogens (tertiary/aromatic N) is 3. The molecule has 2 aromatic heterocycles. The lowest BCUT2D eigenvalue weighted by molar-refractivity contribution is -0.384. The molecule has 0 aliphatic rings. The van der Waals surface area contributed by atoms with Crippen LogP contribution in [0.15, 0.2) is 52.8 Å². The normalized spacial score (nSPS) is 10.5. The Labute approximate surface area is 151 Å². The van der Waals surface area contributed by atoms with Crippen LogP contribution in [0.4, 0.5) is 10.8 Å². The number of non-ortho nitro benzene ring substituents is 1. The van der Waals surface area contributed by atoms with E-state index in [4.69, 9.17) is 0 Å². The van der Waals surface area contributed by atoms with Crippen molar-refractivity contribution in [1.82, 2.24) is 9.55 Å². The maximum Gasteiger partial charge on any atom is 0.269 e. The molecule has 0 spiro atoms. The van der Waals surface area contributed by atoms with E-state index < -0.39 is 16.4 Å². The Morgan fingerprint density at radius 1 is 1.31 bits per heavy atom. The molecule has 1 amide bonds. The lowest BCUT2D eigenvalue weighted by atomic mass is 10.2. The first kappa shape index (κ1) is 17.5. The zero-order chi connectivity index (χ0) is 18.7. The van der Waals surface area contributed by atoms with E-state index in [0.29, 0.717) is 10.7 Å². The van der Waals surface area contributed by atoms with E-state index in [-0.39, 0.29) is 17.8 Å². The van der Waals surface area contributed by atoms with E-state index in [2.05, 4.69) is 10.3 Å². The quantitative estimate of drug-likeness (QED) is 0.549. The molecule has 1 N–H and O–H groups in total. The first-order valence-electron chi connectivity index (χ1n) is 7.60. The molecular weight excluding hydrogens is 356 g/mol. The van der Waals surface area contributed by atoms with Crippen LogP contribution in [0, 0.1) is 17.0 Å². The van der Waals surface area contributed by atoms with Crippen molar-refractivity contribution in [2.24, 2.45) is 0 Å². The number of aryl methyl sites for hydroxylation is 1. The van der Waals surface area contributed by atoms with Crippen LogP contribution in [0.5, 0.6) is 0 Å². The van der Waals surface area contributed by atoms with Crippen LogP contribution in [0.1, 0.15) is 21.6 Å². The van der Waals surface area contributed by atoms with Gasteiger partial charge < -0.3 is 4.57 Å². The minimum atomic E-state index is -0.526. The maximum absolute atomic E-state index is 12.6. The van der Waals surface area contributed by atoms with E-state index >= 15 is 0 Å². The average molecular weight is 370 g/mol. The van der Waals surface area contributed by atoms with Crippen LogP contribution in [-0.4, -0.2) is 20.4 Å². The smallest absolute Gasteiger partial charge is 0.269 e. The summed E-state index contributed by atoms with van der Waals surface area (Å²) in [6.45, 7) is 2.01. The van der Waals surface area contributed by atoms with Gasteiger partial charge in [0.25, 0.3) is 17.2 Å². The number of rotatable bonds is 5. The molecule has 0 fully saturated rings. The summed E-state index contributed by atoms with van der Waals surface area (Å²) in [6, 6.07) is 8.97. The molecule has 8 nitrogen and oxygen atoms in total. The number of aromatic nitrogens is 2. The van der Waals surface area contributed by atoms with Gasteiger partial charge in [-0.05, 0) is 24.6 Å². The number of carbonyl (C=O) groups is 1. The SMILES string of the molecule is Cc1csc(NC(=O)c2cccn(Cc3ccc([N+](=O)[O-])cc3)c2=O)n1. The van der Waals surface area contributed by atoms with Gasteiger partial charge in [-0.15, -0.1) is 11.3 Å². The standard InChI is InChI=1S/C17H14N4O4S/c1-11-10-26-17(18-11)19-15(22)14-3-2-8-20(16(14)23)9-12-4-6-13(7-5-12)21(24)25/h2-8,10H,9H2,1H3,(H,18,19,22). The van der Waals surface area contributed by atoms with Crippen molar-refractivity contribution in [2.75, 3.05) is 5.32 Å². The summed E-state index contributed by atoms with van der Waals surface area (Å²) in [4.78, 5) is 39.3. The van der Waals surface area contributed by atoms with Crippen LogP contribution < -0.4 is 10.9 Å². The molecule has 132 valence electrons. The topological polar surface area (TPSA) is 107 Å². The largest absolute Gasteiger partial charge is 0.310 e. The van der Waals surface area contributed by atoms with Gasteiger partial charge in [0.15, 0.2) is 5.13 Å². The van der Waals surface area contributed by atoms with Gasteiger partial charge in [-0.3, -0.25) is 25.0 Å². The highest BCUT2D eigenvalue weighted by molar-refractivity contribution is 7.13. The Hall–Kier alpha value is -3.33. The number of hydrogen-bond acceptors (Lipinski definition) is 6. The first-order valence-corrected chi connectivity index (χ1v) is 8.48. The Morgan fingerprint density at radius 3 is 2.65 bits per heavy atom. The third-order valence-electron chi connectivity index (χ3n) is 3.60. The molecule has 1 aromatic carbocycles. The molecule has 3 aromatic rings. The van der Waals surface area contributed by atoms with E-state index in [1.165, 1.54) is 34.1 Å². The number of amides is 1. The molecule has 0 unspecified atom stereocenters. The molecule has 0 saturated heterocycles. The van der Waals surface area contributed by atoms with Crippen LogP contribution in [0.25, 0.3) is 0 Å². The van der Waals surface area contributed by atoms with Crippen LogP contribution in [0.2, 0.25) is 0 Å².